The Morgan fingerprint density at radius 2 is 1.47 bits per heavy atom. The van der Waals surface area contributed by atoms with Crippen LogP contribution in [0.5, 0.6) is 11.5 Å². The lowest BCUT2D eigenvalue weighted by Gasteiger charge is -2.11. The molecule has 0 bridgehead atoms. The van der Waals surface area contributed by atoms with Gasteiger partial charge in [0, 0.05) is 0 Å². The Bertz CT molecular complexity index is 733. The van der Waals surface area contributed by atoms with Gasteiger partial charge in [-0.15, -0.1) is 0 Å². The zero-order valence-corrected chi connectivity index (χ0v) is 19.5. The maximum atomic E-state index is 12.2. The summed E-state index contributed by atoms with van der Waals surface area (Å²) in [5.74, 6) is 1.19. The average Bonchev–Trinajstić information content (AvgIpc) is 2.77. The second-order valence-electron chi connectivity index (χ2n) is 7.27. The Morgan fingerprint density at radius 1 is 0.800 bits per heavy atom. The molecule has 0 aromatic heterocycles. The van der Waals surface area contributed by atoms with Crippen molar-refractivity contribution in [3.63, 3.8) is 0 Å². The summed E-state index contributed by atoms with van der Waals surface area (Å²) < 4.78 is 17.5. The van der Waals surface area contributed by atoms with Crippen LogP contribution < -0.4 is 9.47 Å². The largest absolute Gasteiger partial charge is 0.490 e. The molecular formula is C25H33BrO4. The number of benzene rings is 2. The van der Waals surface area contributed by atoms with Gasteiger partial charge in [0.1, 0.15) is 24.7 Å². The molecule has 2 rings (SSSR count). The predicted octanol–water partition coefficient (Wildman–Crippen LogP) is 7.20. The van der Waals surface area contributed by atoms with E-state index < -0.39 is 0 Å². The first kappa shape index (κ1) is 24.3. The molecule has 0 aliphatic carbocycles. The summed E-state index contributed by atoms with van der Waals surface area (Å²) in [4.78, 5) is 12.2. The number of ether oxygens (including phenoxy) is 3. The quantitative estimate of drug-likeness (QED) is 0.201. The molecule has 164 valence electrons. The summed E-state index contributed by atoms with van der Waals surface area (Å²) in [7, 11) is 0. The van der Waals surface area contributed by atoms with Crippen molar-refractivity contribution in [3.8, 4) is 11.5 Å². The van der Waals surface area contributed by atoms with Gasteiger partial charge >= 0.3 is 5.97 Å². The van der Waals surface area contributed by atoms with Crippen LogP contribution >= 0.6 is 15.9 Å². The topological polar surface area (TPSA) is 44.8 Å². The molecule has 0 saturated carbocycles. The first-order chi connectivity index (χ1) is 14.7. The molecule has 0 fully saturated rings. The van der Waals surface area contributed by atoms with Gasteiger partial charge < -0.3 is 14.2 Å². The van der Waals surface area contributed by atoms with Gasteiger partial charge in [0.15, 0.2) is 0 Å². The van der Waals surface area contributed by atoms with Crippen molar-refractivity contribution < 1.29 is 19.0 Å². The van der Waals surface area contributed by atoms with E-state index in [1.807, 2.05) is 30.3 Å². The SMILES string of the molecule is CCCCCCCCCCOC(=O)c1ccc(OCCOc2ccccc2)c(Br)c1. The number of rotatable bonds is 15. The van der Waals surface area contributed by atoms with E-state index in [-0.39, 0.29) is 5.97 Å². The van der Waals surface area contributed by atoms with Gasteiger partial charge in [0.25, 0.3) is 0 Å². The van der Waals surface area contributed by atoms with Gasteiger partial charge in [-0.1, -0.05) is 70.1 Å². The predicted molar refractivity (Wildman–Crippen MR) is 124 cm³/mol. The second-order valence-corrected chi connectivity index (χ2v) is 8.12. The molecule has 0 N–H and O–H groups in total. The lowest BCUT2D eigenvalue weighted by atomic mass is 10.1. The van der Waals surface area contributed by atoms with Crippen LogP contribution in [0.4, 0.5) is 0 Å². The lowest BCUT2D eigenvalue weighted by molar-refractivity contribution is 0.0497. The van der Waals surface area contributed by atoms with Crippen LogP contribution in [0.1, 0.15) is 68.6 Å². The zero-order valence-electron chi connectivity index (χ0n) is 17.9. The van der Waals surface area contributed by atoms with Crippen LogP contribution in [0, 0.1) is 0 Å². The monoisotopic (exact) mass is 476 g/mol. The van der Waals surface area contributed by atoms with Gasteiger partial charge in [-0.25, -0.2) is 4.79 Å². The smallest absolute Gasteiger partial charge is 0.338 e. The molecule has 5 heteroatoms. The van der Waals surface area contributed by atoms with Crippen molar-refractivity contribution in [1.82, 2.24) is 0 Å². The molecular weight excluding hydrogens is 444 g/mol. The standard InChI is InChI=1S/C25H33BrO4/c1-2-3-4-5-6-7-8-12-17-30-25(27)21-15-16-24(23(26)20-21)29-19-18-28-22-13-10-9-11-14-22/h9-11,13-16,20H,2-8,12,17-19H2,1H3. The summed E-state index contributed by atoms with van der Waals surface area (Å²) in [6.45, 7) is 3.56. The summed E-state index contributed by atoms with van der Waals surface area (Å²) in [5, 5.41) is 0. The van der Waals surface area contributed by atoms with E-state index in [1.54, 1.807) is 18.2 Å². The Labute approximate surface area is 189 Å². The van der Waals surface area contributed by atoms with Crippen LogP contribution in [0.15, 0.2) is 53.0 Å². The minimum absolute atomic E-state index is 0.294. The van der Waals surface area contributed by atoms with Crippen molar-refractivity contribution in [2.75, 3.05) is 19.8 Å². The molecule has 30 heavy (non-hydrogen) atoms. The molecule has 4 nitrogen and oxygen atoms in total. The third kappa shape index (κ3) is 9.66. The summed E-state index contributed by atoms with van der Waals surface area (Å²) in [6.07, 6.45) is 9.78. The Kier molecular flexibility index (Phi) is 12.0. The highest BCUT2D eigenvalue weighted by atomic mass is 79.9. The minimum Gasteiger partial charge on any atom is -0.490 e. The first-order valence-corrected chi connectivity index (χ1v) is 11.8. The number of halogens is 1. The highest BCUT2D eigenvalue weighted by Crippen LogP contribution is 2.26. The van der Waals surface area contributed by atoms with Gasteiger partial charge in [0.05, 0.1) is 16.6 Å². The number of unbranched alkanes of at least 4 members (excludes halogenated alkanes) is 7. The Morgan fingerprint density at radius 3 is 2.17 bits per heavy atom. The van der Waals surface area contributed by atoms with Gasteiger partial charge in [0.2, 0.25) is 0 Å². The maximum Gasteiger partial charge on any atom is 0.338 e. The van der Waals surface area contributed by atoms with Crippen LogP contribution in [-0.4, -0.2) is 25.8 Å². The molecule has 0 radical (unpaired) electrons. The molecule has 0 atom stereocenters. The summed E-state index contributed by atoms with van der Waals surface area (Å²) in [6, 6.07) is 14.9. The third-order valence-corrected chi connectivity index (χ3v) is 5.37. The maximum absolute atomic E-state index is 12.2. The molecule has 0 aliphatic heterocycles. The van der Waals surface area contributed by atoms with Gasteiger partial charge in [-0.2, -0.15) is 0 Å². The van der Waals surface area contributed by atoms with Crippen molar-refractivity contribution in [2.45, 2.75) is 58.3 Å². The number of carbonyl (C=O) groups excluding carboxylic acids is 1. The van der Waals surface area contributed by atoms with Crippen LogP contribution in [-0.2, 0) is 4.74 Å². The van der Waals surface area contributed by atoms with E-state index >= 15 is 0 Å². The molecule has 0 amide bonds. The molecule has 0 spiro atoms. The van der Waals surface area contributed by atoms with Crippen molar-refractivity contribution >= 4 is 21.9 Å². The van der Waals surface area contributed by atoms with Crippen molar-refractivity contribution in [1.29, 1.82) is 0 Å². The van der Waals surface area contributed by atoms with Crippen LogP contribution in [0.3, 0.4) is 0 Å². The third-order valence-electron chi connectivity index (χ3n) is 4.75. The Hall–Kier alpha value is -2.01. The van der Waals surface area contributed by atoms with E-state index in [1.165, 1.54) is 38.5 Å². The number of carbonyl (C=O) groups is 1. The van der Waals surface area contributed by atoms with Crippen LogP contribution in [0.25, 0.3) is 0 Å². The van der Waals surface area contributed by atoms with Crippen LogP contribution in [0.2, 0.25) is 0 Å². The molecule has 0 aliphatic rings. The van der Waals surface area contributed by atoms with Crippen molar-refractivity contribution in [2.24, 2.45) is 0 Å². The highest BCUT2D eigenvalue weighted by Gasteiger charge is 2.10. The van der Waals surface area contributed by atoms with E-state index in [4.69, 9.17) is 14.2 Å². The first-order valence-electron chi connectivity index (χ1n) is 11.0. The molecule has 2 aromatic rings. The average molecular weight is 477 g/mol. The summed E-state index contributed by atoms with van der Waals surface area (Å²) >= 11 is 3.47. The normalized spacial score (nSPS) is 10.6. The fourth-order valence-electron chi connectivity index (χ4n) is 3.06. The van der Waals surface area contributed by atoms with E-state index in [0.29, 0.717) is 31.1 Å². The number of hydrogen-bond donors (Lipinski definition) is 0. The summed E-state index contributed by atoms with van der Waals surface area (Å²) in [5.41, 5.74) is 0.523. The highest BCUT2D eigenvalue weighted by molar-refractivity contribution is 9.10. The fourth-order valence-corrected chi connectivity index (χ4v) is 3.55. The van der Waals surface area contributed by atoms with E-state index in [0.717, 1.165) is 23.1 Å². The van der Waals surface area contributed by atoms with Crippen molar-refractivity contribution in [3.05, 3.63) is 58.6 Å². The van der Waals surface area contributed by atoms with E-state index in [9.17, 15) is 4.79 Å². The van der Waals surface area contributed by atoms with E-state index in [2.05, 4.69) is 22.9 Å². The fraction of sp³-hybridized carbons (Fsp3) is 0.480. The Balaban J connectivity index is 1.62. The minimum atomic E-state index is -0.294. The molecule has 0 saturated heterocycles. The molecule has 2 aromatic carbocycles. The molecule has 0 heterocycles. The lowest BCUT2D eigenvalue weighted by Crippen LogP contribution is -2.10. The number of para-hydroxylation sites is 1. The van der Waals surface area contributed by atoms with Gasteiger partial charge in [-0.05, 0) is 52.7 Å². The molecule has 0 unspecified atom stereocenters. The van der Waals surface area contributed by atoms with Gasteiger partial charge in [-0.3, -0.25) is 0 Å². The zero-order chi connectivity index (χ0) is 21.4. The number of esters is 1. The number of hydrogen-bond acceptors (Lipinski definition) is 4. The second kappa shape index (κ2) is 14.9.